The number of halogens is 1. The molecule has 3 rings (SSSR count). The SMILES string of the molecule is Cl.NCC(NC(=O)CC1OCCc2ccccc21)C1CCCCC1. The second kappa shape index (κ2) is 9.40. The molecule has 5 heteroatoms. The number of fused-ring (bicyclic) bond motifs is 1. The first kappa shape index (κ1) is 19.2. The highest BCUT2D eigenvalue weighted by Crippen LogP contribution is 2.30. The Bertz CT molecular complexity index is 532. The molecule has 2 atom stereocenters. The lowest BCUT2D eigenvalue weighted by Gasteiger charge is -2.31. The molecule has 4 nitrogen and oxygen atoms in total. The minimum Gasteiger partial charge on any atom is -0.373 e. The van der Waals surface area contributed by atoms with Crippen LogP contribution in [0.3, 0.4) is 0 Å². The molecule has 0 saturated heterocycles. The lowest BCUT2D eigenvalue weighted by Crippen LogP contribution is -2.46. The minimum atomic E-state index is -0.121. The van der Waals surface area contributed by atoms with E-state index in [1.54, 1.807) is 0 Å². The first-order valence-electron chi connectivity index (χ1n) is 8.96. The molecule has 1 amide bonds. The summed E-state index contributed by atoms with van der Waals surface area (Å²) >= 11 is 0. The second-order valence-electron chi connectivity index (χ2n) is 6.82. The Kier molecular flexibility index (Phi) is 7.53. The molecule has 134 valence electrons. The van der Waals surface area contributed by atoms with Crippen molar-refractivity contribution in [2.24, 2.45) is 11.7 Å². The third kappa shape index (κ3) is 4.71. The van der Waals surface area contributed by atoms with Crippen molar-refractivity contribution in [2.45, 2.75) is 57.1 Å². The highest BCUT2D eigenvalue weighted by atomic mass is 35.5. The van der Waals surface area contributed by atoms with Crippen molar-refractivity contribution < 1.29 is 9.53 Å². The Morgan fingerprint density at radius 2 is 2.00 bits per heavy atom. The van der Waals surface area contributed by atoms with Crippen LogP contribution in [0.4, 0.5) is 0 Å². The molecule has 0 aromatic heterocycles. The van der Waals surface area contributed by atoms with Gasteiger partial charge in [0, 0.05) is 12.6 Å². The number of ether oxygens (including phenoxy) is 1. The Labute approximate surface area is 150 Å². The van der Waals surface area contributed by atoms with E-state index in [2.05, 4.69) is 23.5 Å². The first-order valence-corrected chi connectivity index (χ1v) is 8.96. The molecule has 1 aliphatic carbocycles. The molecule has 0 radical (unpaired) electrons. The van der Waals surface area contributed by atoms with Gasteiger partial charge in [-0.15, -0.1) is 12.4 Å². The summed E-state index contributed by atoms with van der Waals surface area (Å²) in [7, 11) is 0. The van der Waals surface area contributed by atoms with Gasteiger partial charge in [0.05, 0.1) is 19.1 Å². The summed E-state index contributed by atoms with van der Waals surface area (Å²) in [5, 5.41) is 3.17. The molecule has 1 aromatic carbocycles. The Balaban J connectivity index is 0.00000208. The van der Waals surface area contributed by atoms with E-state index >= 15 is 0 Å². The van der Waals surface area contributed by atoms with Gasteiger partial charge < -0.3 is 15.8 Å². The summed E-state index contributed by atoms with van der Waals surface area (Å²) in [5.41, 5.74) is 8.38. The molecule has 1 heterocycles. The fourth-order valence-electron chi connectivity index (χ4n) is 3.99. The van der Waals surface area contributed by atoms with Crippen LogP contribution in [0.15, 0.2) is 24.3 Å². The molecule has 2 aliphatic rings. The van der Waals surface area contributed by atoms with Crippen LogP contribution in [-0.4, -0.2) is 25.1 Å². The van der Waals surface area contributed by atoms with Crippen molar-refractivity contribution >= 4 is 18.3 Å². The van der Waals surface area contributed by atoms with E-state index in [9.17, 15) is 4.79 Å². The number of carbonyl (C=O) groups excluding carboxylic acids is 1. The second-order valence-corrected chi connectivity index (χ2v) is 6.82. The van der Waals surface area contributed by atoms with Gasteiger partial charge in [0.2, 0.25) is 5.91 Å². The van der Waals surface area contributed by atoms with Gasteiger partial charge >= 0.3 is 0 Å². The van der Waals surface area contributed by atoms with E-state index in [1.807, 2.05) is 6.07 Å². The number of amides is 1. The number of hydrogen-bond donors (Lipinski definition) is 2. The zero-order chi connectivity index (χ0) is 16.1. The Morgan fingerprint density at radius 1 is 1.25 bits per heavy atom. The van der Waals surface area contributed by atoms with E-state index in [0.717, 1.165) is 12.0 Å². The number of carbonyl (C=O) groups is 1. The van der Waals surface area contributed by atoms with Gasteiger partial charge in [-0.3, -0.25) is 4.79 Å². The van der Waals surface area contributed by atoms with E-state index in [-0.39, 0.29) is 30.5 Å². The van der Waals surface area contributed by atoms with Gasteiger partial charge in [-0.05, 0) is 36.3 Å². The molecule has 1 saturated carbocycles. The zero-order valence-electron chi connectivity index (χ0n) is 14.2. The van der Waals surface area contributed by atoms with Crippen LogP contribution in [-0.2, 0) is 16.0 Å². The lowest BCUT2D eigenvalue weighted by atomic mass is 9.83. The average Bonchev–Trinajstić information content (AvgIpc) is 2.61. The number of nitrogens with one attached hydrogen (secondary N) is 1. The van der Waals surface area contributed by atoms with Crippen LogP contribution >= 0.6 is 12.4 Å². The lowest BCUT2D eigenvalue weighted by molar-refractivity contribution is -0.125. The van der Waals surface area contributed by atoms with E-state index in [4.69, 9.17) is 10.5 Å². The van der Waals surface area contributed by atoms with Crippen molar-refractivity contribution in [3.63, 3.8) is 0 Å². The standard InChI is InChI=1S/C19H28N2O2.ClH/c20-13-17(15-7-2-1-3-8-15)21-19(22)12-18-16-9-5-4-6-14(16)10-11-23-18;/h4-6,9,15,17-18H,1-3,7-8,10-13,20H2,(H,21,22);1H. The Hall–Kier alpha value is -1.10. The van der Waals surface area contributed by atoms with Crippen molar-refractivity contribution in [2.75, 3.05) is 13.2 Å². The molecule has 1 aliphatic heterocycles. The van der Waals surface area contributed by atoms with Gasteiger partial charge in [0.25, 0.3) is 0 Å². The fraction of sp³-hybridized carbons (Fsp3) is 0.632. The summed E-state index contributed by atoms with van der Waals surface area (Å²) in [4.78, 5) is 12.5. The van der Waals surface area contributed by atoms with E-state index in [0.29, 0.717) is 25.5 Å². The molecule has 2 unspecified atom stereocenters. The third-order valence-corrected chi connectivity index (χ3v) is 5.28. The molecular weight excluding hydrogens is 324 g/mol. The molecule has 1 fully saturated rings. The first-order chi connectivity index (χ1) is 11.3. The summed E-state index contributed by atoms with van der Waals surface area (Å²) in [6, 6.07) is 8.39. The van der Waals surface area contributed by atoms with Gasteiger partial charge in [-0.1, -0.05) is 43.5 Å². The highest BCUT2D eigenvalue weighted by molar-refractivity contribution is 5.85. The van der Waals surface area contributed by atoms with E-state index < -0.39 is 0 Å². The van der Waals surface area contributed by atoms with Crippen LogP contribution in [0.25, 0.3) is 0 Å². The maximum atomic E-state index is 12.5. The zero-order valence-corrected chi connectivity index (χ0v) is 15.0. The van der Waals surface area contributed by atoms with Crippen LogP contribution in [0, 0.1) is 5.92 Å². The molecule has 24 heavy (non-hydrogen) atoms. The largest absolute Gasteiger partial charge is 0.373 e. The topological polar surface area (TPSA) is 64.3 Å². The van der Waals surface area contributed by atoms with Gasteiger partial charge in [0.15, 0.2) is 0 Å². The quantitative estimate of drug-likeness (QED) is 0.855. The fourth-order valence-corrected chi connectivity index (χ4v) is 3.99. The van der Waals surface area contributed by atoms with Crippen LogP contribution < -0.4 is 11.1 Å². The van der Waals surface area contributed by atoms with Gasteiger partial charge in [-0.2, -0.15) is 0 Å². The van der Waals surface area contributed by atoms with Crippen molar-refractivity contribution in [3.05, 3.63) is 35.4 Å². The van der Waals surface area contributed by atoms with Crippen molar-refractivity contribution in [3.8, 4) is 0 Å². The maximum Gasteiger partial charge on any atom is 0.223 e. The molecule has 0 spiro atoms. The van der Waals surface area contributed by atoms with Gasteiger partial charge in [-0.25, -0.2) is 0 Å². The number of hydrogen-bond acceptors (Lipinski definition) is 3. The molecular formula is C19H29ClN2O2. The van der Waals surface area contributed by atoms with Gasteiger partial charge in [0.1, 0.15) is 0 Å². The highest BCUT2D eigenvalue weighted by Gasteiger charge is 2.27. The maximum absolute atomic E-state index is 12.5. The third-order valence-electron chi connectivity index (χ3n) is 5.28. The summed E-state index contributed by atoms with van der Waals surface area (Å²) in [6.45, 7) is 1.22. The van der Waals surface area contributed by atoms with Crippen LogP contribution in [0.5, 0.6) is 0 Å². The summed E-state index contributed by atoms with van der Waals surface area (Å²) < 4.78 is 5.84. The smallest absolute Gasteiger partial charge is 0.223 e. The average molecular weight is 353 g/mol. The number of benzene rings is 1. The monoisotopic (exact) mass is 352 g/mol. The summed E-state index contributed by atoms with van der Waals surface area (Å²) in [6.07, 6.45) is 7.41. The van der Waals surface area contributed by atoms with Crippen molar-refractivity contribution in [1.29, 1.82) is 0 Å². The molecule has 3 N–H and O–H groups in total. The predicted molar refractivity (Wildman–Crippen MR) is 98.3 cm³/mol. The number of rotatable bonds is 5. The summed E-state index contributed by atoms with van der Waals surface area (Å²) in [5.74, 6) is 0.602. The van der Waals surface area contributed by atoms with Crippen LogP contribution in [0.1, 0.15) is 55.8 Å². The van der Waals surface area contributed by atoms with Crippen molar-refractivity contribution in [1.82, 2.24) is 5.32 Å². The molecule has 0 bridgehead atoms. The number of nitrogens with two attached hydrogens (primary N) is 1. The van der Waals surface area contributed by atoms with Crippen LogP contribution in [0.2, 0.25) is 0 Å². The Morgan fingerprint density at radius 3 is 2.75 bits per heavy atom. The minimum absolute atomic E-state index is 0. The normalized spacial score (nSPS) is 22.1. The molecule has 1 aromatic rings. The van der Waals surface area contributed by atoms with E-state index in [1.165, 1.54) is 37.7 Å². The predicted octanol–water partition coefficient (Wildman–Crippen LogP) is 3.14.